The Morgan fingerprint density at radius 2 is 1.51 bits per heavy atom. The minimum atomic E-state index is -0.964. The van der Waals surface area contributed by atoms with Crippen LogP contribution in [-0.4, -0.2) is 161 Å². The molecule has 22 nitrogen and oxygen atoms in total. The molecule has 0 spiro atoms. The van der Waals surface area contributed by atoms with E-state index in [0.717, 1.165) is 16.2 Å². The monoisotopic (exact) mass is 1100 g/mol. The highest BCUT2D eigenvalue weighted by atomic mass is 32.1. The number of hydrogen-bond acceptors (Lipinski definition) is 16. The number of phenols is 1. The van der Waals surface area contributed by atoms with Crippen molar-refractivity contribution in [2.45, 2.75) is 150 Å². The molecule has 428 valence electrons. The molecule has 1 aliphatic rings. The van der Waals surface area contributed by atoms with Gasteiger partial charge in [0.1, 0.15) is 28.1 Å². The van der Waals surface area contributed by atoms with Crippen LogP contribution < -0.4 is 31.9 Å². The standard InChI is InChI=1S/C54H84N10O12S/c1-15-33(4)46(61-51(73)54(10,11)62(12)13)50(72)63(14)40(32(2)3)30-42(75-35(6)65)49-60-39(31-77-49)48(71)58-37(27-34(5)47(70)56-24-22-55-23-25-57-52(74)76-53(7,8)9)28-36-18-19-41(66)38(29-36)59-43(67)17-16-26-64-44(68)20-21-45(64)69/h18-21,29,31-34,37,40,42,46,55,66H,15-17,22-28,30H2,1-14H3,(H,56,70)(H,57,74)(H,58,71)(H,59,67)(H,61,73)/t33-,34?,37+,40+,42+,46-/m0/s1. The second-order valence-electron chi connectivity index (χ2n) is 21.6. The zero-order chi connectivity index (χ0) is 57.9. The van der Waals surface area contributed by atoms with Gasteiger partial charge in [-0.1, -0.05) is 47.1 Å². The molecule has 7 N–H and O–H groups in total. The van der Waals surface area contributed by atoms with Gasteiger partial charge in [-0.15, -0.1) is 11.3 Å². The minimum absolute atomic E-state index is 0.0110. The first kappa shape index (κ1) is 64.8. The number of amides is 8. The number of ether oxygens (including phenoxy) is 2. The lowest BCUT2D eigenvalue weighted by Gasteiger charge is -2.38. The number of alkyl carbamates (subject to hydrolysis) is 1. The molecule has 1 unspecified atom stereocenters. The molecular formula is C54H84N10O12S. The first-order valence-corrected chi connectivity index (χ1v) is 27.1. The number of likely N-dealkylation sites (N-methyl/N-ethyl adjacent to an activating group) is 2. The molecule has 0 aliphatic carbocycles. The molecule has 23 heteroatoms. The van der Waals surface area contributed by atoms with E-state index >= 15 is 0 Å². The van der Waals surface area contributed by atoms with Gasteiger partial charge in [-0.3, -0.25) is 48.2 Å². The van der Waals surface area contributed by atoms with E-state index in [1.807, 2.05) is 27.7 Å². The predicted octanol–water partition coefficient (Wildman–Crippen LogP) is 4.44. The van der Waals surface area contributed by atoms with Crippen molar-refractivity contribution in [1.82, 2.24) is 46.3 Å². The zero-order valence-corrected chi connectivity index (χ0v) is 48.2. The van der Waals surface area contributed by atoms with Crippen molar-refractivity contribution in [3.8, 4) is 5.75 Å². The first-order chi connectivity index (χ1) is 35.9. The van der Waals surface area contributed by atoms with E-state index in [1.165, 1.54) is 30.5 Å². The molecule has 1 aromatic carbocycles. The third kappa shape index (κ3) is 20.8. The van der Waals surface area contributed by atoms with E-state index in [2.05, 4.69) is 36.9 Å². The van der Waals surface area contributed by atoms with Crippen LogP contribution in [0.5, 0.6) is 5.75 Å². The molecule has 3 rings (SSSR count). The lowest BCUT2D eigenvalue weighted by atomic mass is 9.92. The fourth-order valence-corrected chi connectivity index (χ4v) is 8.95. The van der Waals surface area contributed by atoms with Crippen LogP contribution in [0.1, 0.15) is 135 Å². The maximum atomic E-state index is 14.4. The molecule has 1 aromatic heterocycles. The Bertz CT molecular complexity index is 2400. The lowest BCUT2D eigenvalue weighted by molar-refractivity contribution is -0.149. The number of carbonyl (C=O) groups is 9. The molecular weight excluding hydrogens is 1010 g/mol. The predicted molar refractivity (Wildman–Crippen MR) is 292 cm³/mol. The van der Waals surface area contributed by atoms with Gasteiger partial charge < -0.3 is 51.4 Å². The summed E-state index contributed by atoms with van der Waals surface area (Å²) in [6, 6.07) is 2.52. The number of hydrogen-bond donors (Lipinski definition) is 7. The molecule has 2 aromatic rings. The maximum Gasteiger partial charge on any atom is 0.407 e. The average molecular weight is 1100 g/mol. The van der Waals surface area contributed by atoms with E-state index in [9.17, 15) is 48.3 Å². The van der Waals surface area contributed by atoms with Crippen LogP contribution >= 0.6 is 11.3 Å². The van der Waals surface area contributed by atoms with Crippen LogP contribution in [0.2, 0.25) is 0 Å². The van der Waals surface area contributed by atoms with Crippen molar-refractivity contribution < 1.29 is 57.7 Å². The van der Waals surface area contributed by atoms with E-state index < -0.39 is 77.0 Å². The number of imide groups is 1. The van der Waals surface area contributed by atoms with Crippen molar-refractivity contribution in [1.29, 1.82) is 0 Å². The normalized spacial score (nSPS) is 15.0. The number of thiazole rings is 1. The summed E-state index contributed by atoms with van der Waals surface area (Å²) in [5.74, 6) is -4.67. The Kier molecular flexibility index (Phi) is 25.2. The molecule has 0 saturated heterocycles. The number of aromatic nitrogens is 1. The maximum absolute atomic E-state index is 14.4. The number of benzene rings is 1. The fraction of sp³-hybridized carbons (Fsp3) is 0.630. The number of rotatable bonds is 30. The highest BCUT2D eigenvalue weighted by molar-refractivity contribution is 7.09. The minimum Gasteiger partial charge on any atom is -0.506 e. The topological polar surface area (TPSA) is 287 Å². The summed E-state index contributed by atoms with van der Waals surface area (Å²) in [7, 11) is 5.25. The largest absolute Gasteiger partial charge is 0.506 e. The summed E-state index contributed by atoms with van der Waals surface area (Å²) < 4.78 is 11.1. The molecule has 0 saturated carbocycles. The van der Waals surface area contributed by atoms with Crippen molar-refractivity contribution in [3.63, 3.8) is 0 Å². The Morgan fingerprint density at radius 1 is 0.870 bits per heavy atom. The van der Waals surface area contributed by atoms with Gasteiger partial charge in [-0.05, 0) is 97.5 Å². The van der Waals surface area contributed by atoms with Gasteiger partial charge in [0.25, 0.3) is 17.7 Å². The van der Waals surface area contributed by atoms with Gasteiger partial charge in [-0.25, -0.2) is 9.78 Å². The summed E-state index contributed by atoms with van der Waals surface area (Å²) in [5, 5.41) is 30.0. The second kappa shape index (κ2) is 29.9. The smallest absolute Gasteiger partial charge is 0.407 e. The Hall–Kier alpha value is -6.46. The molecule has 0 fully saturated rings. The Labute approximate surface area is 457 Å². The van der Waals surface area contributed by atoms with Crippen LogP contribution in [0.4, 0.5) is 10.5 Å². The van der Waals surface area contributed by atoms with Crippen LogP contribution in [0.3, 0.4) is 0 Å². The fourth-order valence-electron chi connectivity index (χ4n) is 8.11. The number of esters is 1. The van der Waals surface area contributed by atoms with Gasteiger partial charge in [-0.2, -0.15) is 0 Å². The van der Waals surface area contributed by atoms with Gasteiger partial charge >= 0.3 is 12.1 Å². The zero-order valence-electron chi connectivity index (χ0n) is 47.4. The number of nitrogens with one attached hydrogen (secondary N) is 6. The van der Waals surface area contributed by atoms with Crippen LogP contribution in [0, 0.1) is 17.8 Å². The van der Waals surface area contributed by atoms with Crippen LogP contribution in [-0.2, 0) is 49.5 Å². The third-order valence-corrected chi connectivity index (χ3v) is 14.3. The van der Waals surface area contributed by atoms with E-state index in [-0.39, 0.29) is 91.9 Å². The van der Waals surface area contributed by atoms with Crippen LogP contribution in [0.15, 0.2) is 35.7 Å². The summed E-state index contributed by atoms with van der Waals surface area (Å²) in [6.07, 6.45) is 1.99. The second-order valence-corrected chi connectivity index (χ2v) is 22.5. The molecule has 6 atom stereocenters. The number of nitrogens with zero attached hydrogens (tertiary/aromatic N) is 4. The molecule has 77 heavy (non-hydrogen) atoms. The highest BCUT2D eigenvalue weighted by Gasteiger charge is 2.39. The van der Waals surface area contributed by atoms with E-state index in [4.69, 9.17) is 9.47 Å². The van der Waals surface area contributed by atoms with Crippen molar-refractivity contribution >= 4 is 70.4 Å². The van der Waals surface area contributed by atoms with Crippen molar-refractivity contribution in [2.24, 2.45) is 17.8 Å². The molecule has 0 radical (unpaired) electrons. The number of anilines is 1. The molecule has 8 amide bonds. The summed E-state index contributed by atoms with van der Waals surface area (Å²) in [5.41, 5.74) is -0.836. The molecule has 0 bridgehead atoms. The summed E-state index contributed by atoms with van der Waals surface area (Å²) >= 11 is 1.10. The van der Waals surface area contributed by atoms with E-state index in [0.29, 0.717) is 36.6 Å². The van der Waals surface area contributed by atoms with Gasteiger partial charge in [0, 0.05) is 95.1 Å². The number of phenolic OH excluding ortho intramolecular Hbond substituents is 1. The summed E-state index contributed by atoms with van der Waals surface area (Å²) in [4.78, 5) is 126. The summed E-state index contributed by atoms with van der Waals surface area (Å²) in [6.45, 7) is 21.0. The van der Waals surface area contributed by atoms with Crippen molar-refractivity contribution in [3.05, 3.63) is 52.0 Å². The quantitative estimate of drug-likeness (QED) is 0.0246. The first-order valence-electron chi connectivity index (χ1n) is 26.2. The highest BCUT2D eigenvalue weighted by Crippen LogP contribution is 2.32. The van der Waals surface area contributed by atoms with E-state index in [1.54, 1.807) is 84.6 Å². The van der Waals surface area contributed by atoms with Gasteiger partial charge in [0.2, 0.25) is 23.6 Å². The molecule has 2 heterocycles. The van der Waals surface area contributed by atoms with Gasteiger partial charge in [0.05, 0.1) is 11.2 Å². The van der Waals surface area contributed by atoms with Gasteiger partial charge in [0.15, 0.2) is 6.10 Å². The third-order valence-electron chi connectivity index (χ3n) is 13.3. The Balaban J connectivity index is 1.84. The average Bonchev–Trinajstić information content (AvgIpc) is 3.97. The molecule has 1 aliphatic heterocycles. The number of aromatic hydroxyl groups is 1. The van der Waals surface area contributed by atoms with Crippen molar-refractivity contribution in [2.75, 3.05) is 59.2 Å². The number of carbonyl (C=O) groups excluding carboxylic acids is 9. The SMILES string of the molecule is CC[C@H](C)[C@H](NC(=O)C(C)(C)N(C)C)C(=O)N(C)[C@H](C[C@@H](OC(C)=O)c1nc(C(=O)N[C@@H](Cc2ccc(O)c(NC(=O)CCCN3C(=O)C=CC3=O)c2)CC(C)C(=O)NCCNCCNC(=O)OC(C)(C)C)cs1)C(C)C. The lowest BCUT2D eigenvalue weighted by Crippen LogP contribution is -2.60. The van der Waals surface area contributed by atoms with Crippen LogP contribution in [0.25, 0.3) is 0 Å². The Morgan fingerprint density at radius 3 is 2.09 bits per heavy atom.